The number of rotatable bonds is 7. The lowest BCUT2D eigenvalue weighted by Crippen LogP contribution is -2.46. The van der Waals surface area contributed by atoms with Crippen molar-refractivity contribution in [3.8, 4) is 5.75 Å². The van der Waals surface area contributed by atoms with Crippen molar-refractivity contribution in [2.45, 2.75) is 38.8 Å². The molecular formula is C18H30N2O2. The summed E-state index contributed by atoms with van der Waals surface area (Å²) in [4.78, 5) is 4.78. The minimum absolute atomic E-state index is 0.349. The van der Waals surface area contributed by atoms with E-state index in [-0.39, 0.29) is 0 Å². The molecule has 0 spiro atoms. The van der Waals surface area contributed by atoms with Crippen LogP contribution in [-0.2, 0) is 0 Å². The fraction of sp³-hybridized carbons (Fsp3) is 0.667. The van der Waals surface area contributed by atoms with Crippen molar-refractivity contribution in [2.75, 3.05) is 39.8 Å². The average molecular weight is 306 g/mol. The zero-order chi connectivity index (χ0) is 15.9. The predicted octanol–water partition coefficient (Wildman–Crippen LogP) is 2.15. The Labute approximate surface area is 134 Å². The SMILES string of the molecule is CCN1CCC(N(C)CC(O)COc2cccc(C)c2)CC1. The van der Waals surface area contributed by atoms with Gasteiger partial charge < -0.3 is 19.6 Å². The lowest BCUT2D eigenvalue weighted by atomic mass is 10.0. The number of benzene rings is 1. The largest absolute Gasteiger partial charge is 0.491 e. The lowest BCUT2D eigenvalue weighted by molar-refractivity contribution is 0.0478. The molecule has 1 heterocycles. The highest BCUT2D eigenvalue weighted by Gasteiger charge is 2.23. The van der Waals surface area contributed by atoms with E-state index in [0.717, 1.165) is 12.3 Å². The molecule has 1 unspecified atom stereocenters. The van der Waals surface area contributed by atoms with E-state index in [0.29, 0.717) is 19.2 Å². The van der Waals surface area contributed by atoms with Crippen molar-refractivity contribution in [3.05, 3.63) is 29.8 Å². The first kappa shape index (κ1) is 17.3. The van der Waals surface area contributed by atoms with Crippen molar-refractivity contribution in [1.82, 2.24) is 9.80 Å². The fourth-order valence-corrected chi connectivity index (χ4v) is 3.11. The number of nitrogens with zero attached hydrogens (tertiary/aromatic N) is 2. The Morgan fingerprint density at radius 3 is 2.73 bits per heavy atom. The molecule has 1 aromatic rings. The summed E-state index contributed by atoms with van der Waals surface area (Å²) in [5.41, 5.74) is 1.17. The van der Waals surface area contributed by atoms with Gasteiger partial charge in [-0.15, -0.1) is 0 Å². The minimum atomic E-state index is -0.449. The highest BCUT2D eigenvalue weighted by Crippen LogP contribution is 2.16. The molecule has 1 atom stereocenters. The van der Waals surface area contributed by atoms with Crippen LogP contribution < -0.4 is 4.74 Å². The van der Waals surface area contributed by atoms with Crippen LogP contribution in [0, 0.1) is 6.92 Å². The molecule has 4 nitrogen and oxygen atoms in total. The summed E-state index contributed by atoms with van der Waals surface area (Å²) >= 11 is 0. The molecule has 1 fully saturated rings. The quantitative estimate of drug-likeness (QED) is 0.837. The van der Waals surface area contributed by atoms with Crippen LogP contribution in [0.5, 0.6) is 5.75 Å². The smallest absolute Gasteiger partial charge is 0.119 e. The van der Waals surface area contributed by atoms with E-state index in [9.17, 15) is 5.11 Å². The number of hydrogen-bond acceptors (Lipinski definition) is 4. The Hall–Kier alpha value is -1.10. The zero-order valence-electron chi connectivity index (χ0n) is 14.2. The molecule has 1 aromatic carbocycles. The van der Waals surface area contributed by atoms with Gasteiger partial charge >= 0.3 is 0 Å². The molecule has 0 aliphatic carbocycles. The van der Waals surface area contributed by atoms with Gasteiger partial charge in [-0.3, -0.25) is 0 Å². The summed E-state index contributed by atoms with van der Waals surface area (Å²) in [7, 11) is 2.11. The van der Waals surface area contributed by atoms with Crippen molar-refractivity contribution < 1.29 is 9.84 Å². The molecule has 124 valence electrons. The van der Waals surface area contributed by atoms with Crippen LogP contribution in [0.15, 0.2) is 24.3 Å². The lowest BCUT2D eigenvalue weighted by Gasteiger charge is -2.37. The summed E-state index contributed by atoms with van der Waals surface area (Å²) in [5, 5.41) is 10.2. The van der Waals surface area contributed by atoms with Crippen LogP contribution in [0.1, 0.15) is 25.3 Å². The van der Waals surface area contributed by atoms with Crippen LogP contribution >= 0.6 is 0 Å². The minimum Gasteiger partial charge on any atom is -0.491 e. The molecule has 22 heavy (non-hydrogen) atoms. The standard InChI is InChI=1S/C18H30N2O2/c1-4-20-10-8-16(9-11-20)19(3)13-17(21)14-22-18-7-5-6-15(2)12-18/h5-7,12,16-17,21H,4,8-11,13-14H2,1-3H3. The number of piperidine rings is 1. The van der Waals surface area contributed by atoms with Crippen molar-refractivity contribution in [2.24, 2.45) is 0 Å². The Bertz CT molecular complexity index is 444. The molecule has 1 aliphatic rings. The number of aryl methyl sites for hydroxylation is 1. The highest BCUT2D eigenvalue weighted by molar-refractivity contribution is 5.27. The van der Waals surface area contributed by atoms with Crippen LogP contribution in [-0.4, -0.2) is 66.9 Å². The Morgan fingerprint density at radius 2 is 2.09 bits per heavy atom. The average Bonchev–Trinajstić information content (AvgIpc) is 2.53. The number of likely N-dealkylation sites (N-methyl/N-ethyl adjacent to an activating group) is 1. The van der Waals surface area contributed by atoms with Gasteiger partial charge in [-0.2, -0.15) is 0 Å². The van der Waals surface area contributed by atoms with Crippen molar-refractivity contribution in [1.29, 1.82) is 0 Å². The van der Waals surface area contributed by atoms with E-state index < -0.39 is 6.10 Å². The van der Waals surface area contributed by atoms with Gasteiger partial charge in [-0.25, -0.2) is 0 Å². The highest BCUT2D eigenvalue weighted by atomic mass is 16.5. The maximum atomic E-state index is 10.2. The molecule has 1 N–H and O–H groups in total. The number of hydrogen-bond donors (Lipinski definition) is 1. The van der Waals surface area contributed by atoms with Gasteiger partial charge in [0.05, 0.1) is 0 Å². The topological polar surface area (TPSA) is 35.9 Å². The maximum Gasteiger partial charge on any atom is 0.119 e. The van der Waals surface area contributed by atoms with Gasteiger partial charge in [0.1, 0.15) is 18.5 Å². The van der Waals surface area contributed by atoms with E-state index in [1.54, 1.807) is 0 Å². The first-order valence-electron chi connectivity index (χ1n) is 8.38. The summed E-state index contributed by atoms with van der Waals surface area (Å²) in [5.74, 6) is 0.831. The maximum absolute atomic E-state index is 10.2. The van der Waals surface area contributed by atoms with E-state index in [2.05, 4.69) is 23.8 Å². The van der Waals surface area contributed by atoms with E-state index in [4.69, 9.17) is 4.74 Å². The zero-order valence-corrected chi connectivity index (χ0v) is 14.2. The van der Waals surface area contributed by atoms with Crippen molar-refractivity contribution in [3.63, 3.8) is 0 Å². The molecule has 0 bridgehead atoms. The van der Waals surface area contributed by atoms with Gasteiger partial charge in [0.15, 0.2) is 0 Å². The first-order chi connectivity index (χ1) is 10.6. The second-order valence-electron chi connectivity index (χ2n) is 6.39. The number of likely N-dealkylation sites (tertiary alicyclic amines) is 1. The third-order valence-electron chi connectivity index (χ3n) is 4.56. The van der Waals surface area contributed by atoms with Crippen LogP contribution in [0.3, 0.4) is 0 Å². The number of aliphatic hydroxyl groups excluding tert-OH is 1. The summed E-state index contributed by atoms with van der Waals surface area (Å²) in [6.07, 6.45) is 1.93. The fourth-order valence-electron chi connectivity index (χ4n) is 3.11. The van der Waals surface area contributed by atoms with E-state index >= 15 is 0 Å². The monoisotopic (exact) mass is 306 g/mol. The Morgan fingerprint density at radius 1 is 1.36 bits per heavy atom. The van der Waals surface area contributed by atoms with Gasteiger partial charge in [0.2, 0.25) is 0 Å². The summed E-state index contributed by atoms with van der Waals surface area (Å²) in [6.45, 7) is 8.76. The molecule has 0 amide bonds. The van der Waals surface area contributed by atoms with E-state index in [1.165, 1.54) is 31.5 Å². The summed E-state index contributed by atoms with van der Waals surface area (Å²) < 4.78 is 5.69. The van der Waals surface area contributed by atoms with Gasteiger partial charge in [-0.05, 0) is 64.1 Å². The Balaban J connectivity index is 1.71. The second-order valence-corrected chi connectivity index (χ2v) is 6.39. The van der Waals surface area contributed by atoms with Gasteiger partial charge in [0.25, 0.3) is 0 Å². The molecule has 0 saturated carbocycles. The predicted molar refractivity (Wildman–Crippen MR) is 90.4 cm³/mol. The van der Waals surface area contributed by atoms with Crippen LogP contribution in [0.25, 0.3) is 0 Å². The Kier molecular flexibility index (Phi) is 6.68. The van der Waals surface area contributed by atoms with Crippen LogP contribution in [0.2, 0.25) is 0 Å². The first-order valence-corrected chi connectivity index (χ1v) is 8.38. The normalized spacial score (nSPS) is 18.6. The second kappa shape index (κ2) is 8.51. The molecule has 4 heteroatoms. The van der Waals surface area contributed by atoms with Gasteiger partial charge in [-0.1, -0.05) is 19.1 Å². The molecule has 2 rings (SSSR count). The number of aliphatic hydroxyl groups is 1. The van der Waals surface area contributed by atoms with Crippen LogP contribution in [0.4, 0.5) is 0 Å². The third kappa shape index (κ3) is 5.27. The number of ether oxygens (including phenoxy) is 1. The molecular weight excluding hydrogens is 276 g/mol. The van der Waals surface area contributed by atoms with E-state index in [1.807, 2.05) is 31.2 Å². The molecule has 0 aromatic heterocycles. The van der Waals surface area contributed by atoms with Gasteiger partial charge in [0, 0.05) is 12.6 Å². The molecule has 0 radical (unpaired) electrons. The molecule has 1 aliphatic heterocycles. The van der Waals surface area contributed by atoms with Crippen molar-refractivity contribution >= 4 is 0 Å². The third-order valence-corrected chi connectivity index (χ3v) is 4.56. The molecule has 1 saturated heterocycles. The summed E-state index contributed by atoms with van der Waals surface area (Å²) in [6, 6.07) is 8.53.